The number of fused-ring (bicyclic) bond motifs is 5. The first-order valence-corrected chi connectivity index (χ1v) is 14.8. The molecule has 1 aromatic heterocycles. The van der Waals surface area contributed by atoms with E-state index in [4.69, 9.17) is 14.3 Å². The number of rotatable bonds is 4. The van der Waals surface area contributed by atoms with Gasteiger partial charge in [-0.2, -0.15) is 4.91 Å². The summed E-state index contributed by atoms with van der Waals surface area (Å²) in [5.41, 5.74) is 1.26. The van der Waals surface area contributed by atoms with E-state index in [1.54, 1.807) is 6.26 Å². The zero-order chi connectivity index (χ0) is 28.0. The van der Waals surface area contributed by atoms with E-state index in [1.165, 1.54) is 11.6 Å². The van der Waals surface area contributed by atoms with Crippen molar-refractivity contribution in [3.05, 3.63) is 50.9 Å². The molecule has 1 heterocycles. The van der Waals surface area contributed by atoms with E-state index in [9.17, 15) is 19.9 Å². The predicted octanol–water partition coefficient (Wildman–Crippen LogP) is 4.84. The summed E-state index contributed by atoms with van der Waals surface area (Å²) in [6, 6.07) is 2.83. The lowest BCUT2D eigenvalue weighted by atomic mass is 9.45. The molecule has 3 N–H and O–H groups in total. The van der Waals surface area contributed by atoms with Crippen LogP contribution < -0.4 is 5.63 Å². The third kappa shape index (κ3) is 4.55. The van der Waals surface area contributed by atoms with Crippen LogP contribution in [0.5, 0.6) is 0 Å². The van der Waals surface area contributed by atoms with E-state index in [2.05, 4.69) is 25.1 Å². The second-order valence-electron chi connectivity index (χ2n) is 13.1. The number of hydrogen-bond donors (Lipinski definition) is 3. The summed E-state index contributed by atoms with van der Waals surface area (Å²) in [6.45, 7) is 4.67. The van der Waals surface area contributed by atoms with E-state index in [-0.39, 0.29) is 40.5 Å². The van der Waals surface area contributed by atoms with Crippen molar-refractivity contribution in [3.63, 3.8) is 0 Å². The molecular weight excluding hydrogens is 498 g/mol. The second-order valence-corrected chi connectivity index (χ2v) is 13.1. The standard InChI is InChI=1S/C30H41NO6.CH4O/c1-28-13-10-20(37-25-5-3-4-24(31-35)27(25)33)16-19(28)7-8-23-22(28)11-14-29(2)21(12-15-30(23,29)34)18-6-9-26(32)36-17-18;1-2/h6,9,16-17,20-25,27,33-34H,3-5,7-8,10-15H2,1-2H3;2H,1H3. The maximum absolute atomic E-state index is 12.4. The van der Waals surface area contributed by atoms with Crippen LogP contribution in [-0.4, -0.2) is 52.4 Å². The molecule has 5 aliphatic rings. The lowest BCUT2D eigenvalue weighted by molar-refractivity contribution is -0.179. The summed E-state index contributed by atoms with van der Waals surface area (Å²) in [4.78, 5) is 22.6. The van der Waals surface area contributed by atoms with Crippen molar-refractivity contribution in [1.29, 1.82) is 0 Å². The summed E-state index contributed by atoms with van der Waals surface area (Å²) in [5.74, 6) is 0.886. The summed E-state index contributed by atoms with van der Waals surface area (Å²) < 4.78 is 11.6. The zero-order valence-electron chi connectivity index (χ0n) is 23.6. The summed E-state index contributed by atoms with van der Waals surface area (Å²) >= 11 is 0. The lowest BCUT2D eigenvalue weighted by Crippen LogP contribution is -2.60. The van der Waals surface area contributed by atoms with Gasteiger partial charge >= 0.3 is 5.63 Å². The molecule has 8 nitrogen and oxygen atoms in total. The highest BCUT2D eigenvalue weighted by Gasteiger charge is 2.66. The Labute approximate surface area is 230 Å². The first kappa shape index (κ1) is 28.7. The Hall–Kier alpha value is -1.87. The van der Waals surface area contributed by atoms with Crippen LogP contribution in [0, 0.1) is 27.6 Å². The van der Waals surface area contributed by atoms with Gasteiger partial charge in [-0.05, 0) is 105 Å². The molecule has 0 radical (unpaired) electrons. The van der Waals surface area contributed by atoms with Gasteiger partial charge in [0.2, 0.25) is 0 Å². The maximum Gasteiger partial charge on any atom is 0.335 e. The largest absolute Gasteiger partial charge is 0.431 e. The fourth-order valence-electron chi connectivity index (χ4n) is 9.48. The molecule has 10 unspecified atom stereocenters. The fourth-order valence-corrected chi connectivity index (χ4v) is 9.48. The number of aliphatic hydroxyl groups is 3. The molecule has 1 aromatic rings. The molecule has 4 saturated carbocycles. The summed E-state index contributed by atoms with van der Waals surface area (Å²) in [5, 5.41) is 33.1. The van der Waals surface area contributed by atoms with Crippen LogP contribution in [0.25, 0.3) is 0 Å². The molecule has 0 aromatic carbocycles. The van der Waals surface area contributed by atoms with Gasteiger partial charge < -0.3 is 24.5 Å². The predicted molar refractivity (Wildman–Crippen MR) is 147 cm³/mol. The van der Waals surface area contributed by atoms with E-state index >= 15 is 0 Å². The Bertz CT molecular complexity index is 1110. The minimum Gasteiger partial charge on any atom is -0.431 e. The minimum atomic E-state index is -0.813. The molecular formula is C31H45NO7. The molecule has 6 rings (SSSR count). The molecule has 0 spiro atoms. The average Bonchev–Trinajstić information content (AvgIpc) is 3.22. The van der Waals surface area contributed by atoms with E-state index < -0.39 is 17.7 Å². The number of hydrogen-bond acceptors (Lipinski definition) is 8. The molecule has 5 aliphatic carbocycles. The molecule has 8 heteroatoms. The third-order valence-corrected chi connectivity index (χ3v) is 11.6. The highest BCUT2D eigenvalue weighted by Crippen LogP contribution is 2.70. The minimum absolute atomic E-state index is 0.0368. The summed E-state index contributed by atoms with van der Waals surface area (Å²) in [7, 11) is 1.00. The number of nitrogens with zero attached hydrogens (tertiary/aromatic N) is 1. The van der Waals surface area contributed by atoms with E-state index in [1.807, 2.05) is 6.07 Å². The first-order chi connectivity index (χ1) is 18.7. The number of aliphatic hydroxyl groups excluding tert-OH is 2. The van der Waals surface area contributed by atoms with Crippen LogP contribution in [-0.2, 0) is 4.74 Å². The van der Waals surface area contributed by atoms with Gasteiger partial charge in [0, 0.05) is 18.6 Å². The average molecular weight is 544 g/mol. The van der Waals surface area contributed by atoms with Crippen LogP contribution in [0.4, 0.5) is 0 Å². The Morgan fingerprint density at radius 2 is 1.79 bits per heavy atom. The Morgan fingerprint density at radius 1 is 1.00 bits per heavy atom. The van der Waals surface area contributed by atoms with Crippen LogP contribution >= 0.6 is 0 Å². The first-order valence-electron chi connectivity index (χ1n) is 14.8. The topological polar surface area (TPSA) is 130 Å². The maximum atomic E-state index is 12.4. The van der Waals surface area contributed by atoms with Crippen molar-refractivity contribution in [3.8, 4) is 0 Å². The second kappa shape index (κ2) is 10.8. The highest BCUT2D eigenvalue weighted by atomic mass is 16.5. The quantitative estimate of drug-likeness (QED) is 0.366. The number of nitroso groups, excluding NO2 is 1. The van der Waals surface area contributed by atoms with Gasteiger partial charge in [0.25, 0.3) is 0 Å². The van der Waals surface area contributed by atoms with E-state index in [0.717, 1.165) is 76.9 Å². The third-order valence-electron chi connectivity index (χ3n) is 11.6. The molecule has 10 atom stereocenters. The van der Waals surface area contributed by atoms with Crippen LogP contribution in [0.3, 0.4) is 0 Å². The Balaban J connectivity index is 0.00000151. The van der Waals surface area contributed by atoms with Gasteiger partial charge in [-0.3, -0.25) is 0 Å². The molecule has 39 heavy (non-hydrogen) atoms. The zero-order valence-corrected chi connectivity index (χ0v) is 23.6. The van der Waals surface area contributed by atoms with Crippen molar-refractivity contribution in [1.82, 2.24) is 0 Å². The van der Waals surface area contributed by atoms with Gasteiger partial charge in [0.1, 0.15) is 12.1 Å². The van der Waals surface area contributed by atoms with Crippen molar-refractivity contribution in [2.24, 2.45) is 27.8 Å². The van der Waals surface area contributed by atoms with E-state index in [0.29, 0.717) is 12.3 Å². The number of allylic oxidation sites excluding steroid dienone is 1. The van der Waals surface area contributed by atoms with Gasteiger partial charge in [-0.15, -0.1) is 0 Å². The van der Waals surface area contributed by atoms with Crippen LogP contribution in [0.2, 0.25) is 0 Å². The van der Waals surface area contributed by atoms with Gasteiger partial charge in [-0.1, -0.05) is 30.7 Å². The molecule has 4 fully saturated rings. The molecule has 0 aliphatic heterocycles. The molecule has 0 saturated heterocycles. The normalized spacial score (nSPS) is 45.1. The van der Waals surface area contributed by atoms with Crippen molar-refractivity contribution in [2.45, 2.75) is 120 Å². The Morgan fingerprint density at radius 3 is 2.51 bits per heavy atom. The van der Waals surface area contributed by atoms with Gasteiger partial charge in [-0.25, -0.2) is 4.79 Å². The fraction of sp³-hybridized carbons (Fsp3) is 0.774. The van der Waals surface area contributed by atoms with Crippen molar-refractivity contribution < 1.29 is 24.5 Å². The lowest BCUT2D eigenvalue weighted by Gasteiger charge is -2.62. The van der Waals surface area contributed by atoms with Crippen molar-refractivity contribution >= 4 is 0 Å². The number of ether oxygens (including phenoxy) is 1. The van der Waals surface area contributed by atoms with Gasteiger partial charge in [0.15, 0.2) is 0 Å². The van der Waals surface area contributed by atoms with Gasteiger partial charge in [0.05, 0.1) is 24.1 Å². The van der Waals surface area contributed by atoms with Crippen LogP contribution in [0.1, 0.15) is 96.0 Å². The highest BCUT2D eigenvalue weighted by molar-refractivity contribution is 5.31. The SMILES string of the molecule is CC12CCC(OC3CCCC(N=O)C3O)C=C1CCC1C2CCC2(C)C(c3ccc(=O)oc3)CCC12O.CO. The van der Waals surface area contributed by atoms with Crippen LogP contribution in [0.15, 0.2) is 44.4 Å². The molecule has 216 valence electrons. The van der Waals surface area contributed by atoms with Crippen molar-refractivity contribution in [2.75, 3.05) is 7.11 Å². The Kier molecular flexibility index (Phi) is 7.96. The molecule has 0 amide bonds. The molecule has 0 bridgehead atoms. The summed E-state index contributed by atoms with van der Waals surface area (Å²) in [6.07, 6.45) is 12.6. The smallest absolute Gasteiger partial charge is 0.335 e. The monoisotopic (exact) mass is 543 g/mol.